The number of benzene rings is 2. The first-order chi connectivity index (χ1) is 15.5. The van der Waals surface area contributed by atoms with Gasteiger partial charge in [0.1, 0.15) is 0 Å². The van der Waals surface area contributed by atoms with E-state index in [-0.39, 0.29) is 6.04 Å². The predicted octanol–water partition coefficient (Wildman–Crippen LogP) is 5.62. The summed E-state index contributed by atoms with van der Waals surface area (Å²) in [6.07, 6.45) is 7.05. The number of nitrogens with zero attached hydrogens (tertiary/aromatic N) is 3. The van der Waals surface area contributed by atoms with Crippen LogP contribution >= 0.6 is 0 Å². The SMILES string of the molecule is CCCc1ccc(N(C)c2ccc3c(c2)CN(C)[C@@H]3CCc2cnccc2C(=O)O)cc1. The Bertz CT molecular complexity index is 1090. The molecular weight excluding hydrogens is 398 g/mol. The van der Waals surface area contributed by atoms with Crippen LogP contribution in [0.3, 0.4) is 0 Å². The first-order valence-electron chi connectivity index (χ1n) is 11.3. The van der Waals surface area contributed by atoms with Gasteiger partial charge < -0.3 is 10.0 Å². The molecule has 166 valence electrons. The van der Waals surface area contributed by atoms with E-state index in [1.165, 1.54) is 28.1 Å². The zero-order valence-electron chi connectivity index (χ0n) is 19.1. The zero-order chi connectivity index (χ0) is 22.7. The molecule has 5 heteroatoms. The first kappa shape index (κ1) is 22.0. The number of pyridine rings is 1. The van der Waals surface area contributed by atoms with Crippen LogP contribution in [0.1, 0.15) is 58.4 Å². The lowest BCUT2D eigenvalue weighted by atomic mass is 9.96. The van der Waals surface area contributed by atoms with Crippen LogP contribution in [0, 0.1) is 0 Å². The van der Waals surface area contributed by atoms with Gasteiger partial charge >= 0.3 is 5.97 Å². The van der Waals surface area contributed by atoms with E-state index in [0.717, 1.165) is 31.4 Å². The Morgan fingerprint density at radius 3 is 2.59 bits per heavy atom. The van der Waals surface area contributed by atoms with Crippen LogP contribution in [0.25, 0.3) is 0 Å². The van der Waals surface area contributed by atoms with Gasteiger partial charge in [-0.1, -0.05) is 31.5 Å². The van der Waals surface area contributed by atoms with Gasteiger partial charge in [-0.3, -0.25) is 9.88 Å². The first-order valence-corrected chi connectivity index (χ1v) is 11.3. The summed E-state index contributed by atoms with van der Waals surface area (Å²) in [4.78, 5) is 20.2. The van der Waals surface area contributed by atoms with Crippen LogP contribution < -0.4 is 4.90 Å². The maximum Gasteiger partial charge on any atom is 0.336 e. The number of fused-ring (bicyclic) bond motifs is 1. The van der Waals surface area contributed by atoms with Gasteiger partial charge in [-0.2, -0.15) is 0 Å². The van der Waals surface area contributed by atoms with E-state index in [2.05, 4.69) is 78.3 Å². The van der Waals surface area contributed by atoms with Crippen molar-refractivity contribution in [2.75, 3.05) is 19.0 Å². The monoisotopic (exact) mass is 429 g/mol. The number of carbonyl (C=O) groups is 1. The summed E-state index contributed by atoms with van der Waals surface area (Å²) in [7, 11) is 4.25. The fraction of sp³-hybridized carbons (Fsp3) is 0.333. The molecule has 0 bridgehead atoms. The lowest BCUT2D eigenvalue weighted by molar-refractivity contribution is 0.0695. The topological polar surface area (TPSA) is 56.7 Å². The van der Waals surface area contributed by atoms with E-state index >= 15 is 0 Å². The van der Waals surface area contributed by atoms with Crippen molar-refractivity contribution in [2.45, 2.75) is 45.2 Å². The van der Waals surface area contributed by atoms with Crippen LogP contribution in [0.4, 0.5) is 11.4 Å². The molecular formula is C27H31N3O2. The molecule has 1 aliphatic heterocycles. The molecule has 0 saturated heterocycles. The molecule has 1 aromatic heterocycles. The van der Waals surface area contributed by atoms with Gasteiger partial charge in [-0.15, -0.1) is 0 Å². The van der Waals surface area contributed by atoms with Crippen molar-refractivity contribution in [3.05, 3.63) is 88.7 Å². The molecule has 0 aliphatic carbocycles. The minimum Gasteiger partial charge on any atom is -0.478 e. The third-order valence-corrected chi connectivity index (χ3v) is 6.51. The summed E-state index contributed by atoms with van der Waals surface area (Å²) in [6.45, 7) is 3.10. The van der Waals surface area contributed by atoms with Crippen LogP contribution in [-0.2, 0) is 19.4 Å². The van der Waals surface area contributed by atoms with Crippen molar-refractivity contribution in [3.8, 4) is 0 Å². The van der Waals surface area contributed by atoms with Crippen molar-refractivity contribution >= 4 is 17.3 Å². The lowest BCUT2D eigenvalue weighted by Crippen LogP contribution is -2.17. The number of hydrogen-bond acceptors (Lipinski definition) is 4. The normalized spacial score (nSPS) is 15.5. The largest absolute Gasteiger partial charge is 0.478 e. The third-order valence-electron chi connectivity index (χ3n) is 6.51. The molecule has 1 N–H and O–H groups in total. The molecule has 0 amide bonds. The van der Waals surface area contributed by atoms with E-state index < -0.39 is 5.97 Å². The fourth-order valence-electron chi connectivity index (χ4n) is 4.71. The van der Waals surface area contributed by atoms with Gasteiger partial charge in [-0.25, -0.2) is 4.79 Å². The molecule has 0 radical (unpaired) electrons. The highest BCUT2D eigenvalue weighted by Gasteiger charge is 2.28. The van der Waals surface area contributed by atoms with E-state index in [4.69, 9.17) is 0 Å². The Balaban J connectivity index is 1.50. The number of anilines is 2. The number of aromatic carboxylic acids is 1. The van der Waals surface area contributed by atoms with Crippen molar-refractivity contribution in [1.29, 1.82) is 0 Å². The molecule has 0 fully saturated rings. The van der Waals surface area contributed by atoms with Gasteiger partial charge in [0.15, 0.2) is 0 Å². The molecule has 32 heavy (non-hydrogen) atoms. The van der Waals surface area contributed by atoms with Gasteiger partial charge in [0.25, 0.3) is 0 Å². The fourth-order valence-corrected chi connectivity index (χ4v) is 4.71. The molecule has 0 unspecified atom stereocenters. The Morgan fingerprint density at radius 2 is 1.88 bits per heavy atom. The number of rotatable bonds is 8. The number of aromatic nitrogens is 1. The number of carboxylic acids is 1. The van der Waals surface area contributed by atoms with Crippen molar-refractivity contribution in [2.24, 2.45) is 0 Å². The summed E-state index contributed by atoms with van der Waals surface area (Å²) in [5.41, 5.74) is 7.57. The molecule has 4 rings (SSSR count). The minimum atomic E-state index is -0.891. The van der Waals surface area contributed by atoms with E-state index in [9.17, 15) is 9.90 Å². The summed E-state index contributed by atoms with van der Waals surface area (Å²) in [5.74, 6) is -0.891. The molecule has 0 saturated carbocycles. The van der Waals surface area contributed by atoms with E-state index in [0.29, 0.717) is 12.0 Å². The Labute approximate surface area is 190 Å². The highest BCUT2D eigenvalue weighted by molar-refractivity contribution is 5.89. The molecule has 1 atom stereocenters. The average molecular weight is 430 g/mol. The summed E-state index contributed by atoms with van der Waals surface area (Å²) >= 11 is 0. The summed E-state index contributed by atoms with van der Waals surface area (Å²) in [6, 6.07) is 17.4. The van der Waals surface area contributed by atoms with E-state index in [1.54, 1.807) is 18.5 Å². The quantitative estimate of drug-likeness (QED) is 0.504. The molecule has 2 aromatic carbocycles. The van der Waals surface area contributed by atoms with Crippen LogP contribution in [0.5, 0.6) is 0 Å². The van der Waals surface area contributed by atoms with Crippen LogP contribution in [-0.4, -0.2) is 35.1 Å². The maximum absolute atomic E-state index is 11.5. The molecule has 0 spiro atoms. The van der Waals surface area contributed by atoms with Gasteiger partial charge in [0.2, 0.25) is 0 Å². The molecule has 3 aromatic rings. The second-order valence-corrected chi connectivity index (χ2v) is 8.67. The van der Waals surface area contributed by atoms with Gasteiger partial charge in [0, 0.05) is 43.4 Å². The zero-order valence-corrected chi connectivity index (χ0v) is 19.1. The van der Waals surface area contributed by atoms with Crippen molar-refractivity contribution in [1.82, 2.24) is 9.88 Å². The number of carboxylic acid groups (broad SMARTS) is 1. The van der Waals surface area contributed by atoms with E-state index in [1.807, 2.05) is 0 Å². The highest BCUT2D eigenvalue weighted by atomic mass is 16.4. The standard InChI is InChI=1S/C27H31N3O2/c1-4-5-19-6-9-22(10-7-19)30(3)23-11-12-24-21(16-23)18-29(2)26(24)13-8-20-17-28-15-14-25(20)27(31)32/h6-7,9-12,14-17,26H,4-5,8,13,18H2,1-3H3,(H,31,32)/t26-/m1/s1. The second-order valence-electron chi connectivity index (χ2n) is 8.67. The average Bonchev–Trinajstić information content (AvgIpc) is 3.12. The Morgan fingerprint density at radius 1 is 1.12 bits per heavy atom. The Kier molecular flexibility index (Phi) is 6.56. The second kappa shape index (κ2) is 9.53. The van der Waals surface area contributed by atoms with Gasteiger partial charge in [0.05, 0.1) is 5.56 Å². The third kappa shape index (κ3) is 4.53. The summed E-state index contributed by atoms with van der Waals surface area (Å²) < 4.78 is 0. The number of aryl methyl sites for hydroxylation is 2. The highest BCUT2D eigenvalue weighted by Crippen LogP contribution is 2.38. The number of hydrogen-bond donors (Lipinski definition) is 1. The molecule has 1 aliphatic rings. The molecule has 5 nitrogen and oxygen atoms in total. The maximum atomic E-state index is 11.5. The molecule has 2 heterocycles. The van der Waals surface area contributed by atoms with Crippen LogP contribution in [0.15, 0.2) is 60.9 Å². The van der Waals surface area contributed by atoms with Gasteiger partial charge in [-0.05, 0) is 78.9 Å². The smallest absolute Gasteiger partial charge is 0.336 e. The lowest BCUT2D eigenvalue weighted by Gasteiger charge is -2.22. The Hall–Kier alpha value is -3.18. The minimum absolute atomic E-state index is 0.277. The predicted molar refractivity (Wildman–Crippen MR) is 129 cm³/mol. The van der Waals surface area contributed by atoms with Crippen molar-refractivity contribution in [3.63, 3.8) is 0 Å². The van der Waals surface area contributed by atoms with Crippen molar-refractivity contribution < 1.29 is 9.90 Å². The summed E-state index contributed by atoms with van der Waals surface area (Å²) in [5, 5.41) is 9.44. The van der Waals surface area contributed by atoms with Crippen LogP contribution in [0.2, 0.25) is 0 Å².